The first-order chi connectivity index (χ1) is 18.4. The summed E-state index contributed by atoms with van der Waals surface area (Å²) in [4.78, 5) is 37.9. The van der Waals surface area contributed by atoms with Gasteiger partial charge in [0.1, 0.15) is 17.4 Å². The lowest BCUT2D eigenvalue weighted by Gasteiger charge is -2.18. The number of carboxylic acids is 1. The van der Waals surface area contributed by atoms with Crippen LogP contribution in [-0.2, 0) is 22.4 Å². The van der Waals surface area contributed by atoms with Gasteiger partial charge in [0, 0.05) is 30.2 Å². The van der Waals surface area contributed by atoms with Crippen molar-refractivity contribution in [2.75, 3.05) is 6.61 Å². The number of aryl methyl sites for hydroxylation is 1. The summed E-state index contributed by atoms with van der Waals surface area (Å²) in [6.45, 7) is 5.98. The fourth-order valence-corrected chi connectivity index (χ4v) is 4.19. The van der Waals surface area contributed by atoms with E-state index in [-0.39, 0.29) is 18.6 Å². The van der Waals surface area contributed by atoms with E-state index >= 15 is 0 Å². The number of aromatic carboxylic acids is 1. The Kier molecular flexibility index (Phi) is 10.5. The smallest absolute Gasteiger partial charge is 0.339 e. The van der Waals surface area contributed by atoms with Crippen molar-refractivity contribution in [3.63, 3.8) is 0 Å². The summed E-state index contributed by atoms with van der Waals surface area (Å²) in [5, 5.41) is 13.3. The van der Waals surface area contributed by atoms with Crippen LogP contribution in [0, 0.1) is 11.8 Å². The van der Waals surface area contributed by atoms with Gasteiger partial charge in [-0.2, -0.15) is 0 Å². The Bertz CT molecular complexity index is 1330. The van der Waals surface area contributed by atoms with Crippen molar-refractivity contribution in [2.45, 2.75) is 71.8 Å². The molecule has 3 aromatic rings. The average molecular weight is 518 g/mol. The fourth-order valence-electron chi connectivity index (χ4n) is 4.19. The first-order valence-electron chi connectivity index (χ1n) is 13.2. The van der Waals surface area contributed by atoms with Gasteiger partial charge in [0.2, 0.25) is 0 Å². The highest BCUT2D eigenvalue weighted by Crippen LogP contribution is 2.31. The van der Waals surface area contributed by atoms with Crippen LogP contribution >= 0.6 is 0 Å². The normalized spacial score (nSPS) is 11.4. The quantitative estimate of drug-likeness (QED) is 0.176. The third-order valence-electron chi connectivity index (χ3n) is 6.12. The van der Waals surface area contributed by atoms with Crippen LogP contribution in [0.3, 0.4) is 0 Å². The number of carboxylic acid groups (broad SMARTS) is 1. The molecule has 2 aromatic carbocycles. The van der Waals surface area contributed by atoms with E-state index < -0.39 is 23.9 Å². The largest absolute Gasteiger partial charge is 0.478 e. The summed E-state index contributed by atoms with van der Waals surface area (Å²) in [6, 6.07) is 11.2. The third-order valence-corrected chi connectivity index (χ3v) is 6.12. The first-order valence-corrected chi connectivity index (χ1v) is 13.2. The number of nitrogens with one attached hydrogen (secondary N) is 1. The minimum absolute atomic E-state index is 0.103. The molecular weight excluding hydrogens is 482 g/mol. The Morgan fingerprint density at radius 2 is 1.79 bits per heavy atom. The van der Waals surface area contributed by atoms with Crippen LogP contribution in [0.15, 0.2) is 46.9 Å². The molecule has 0 bridgehead atoms. The van der Waals surface area contributed by atoms with Gasteiger partial charge in [-0.3, -0.25) is 4.79 Å². The van der Waals surface area contributed by atoms with Crippen LogP contribution < -0.4 is 5.32 Å². The predicted octanol–water partition coefficient (Wildman–Crippen LogP) is 5.92. The Balaban J connectivity index is 2.07. The van der Waals surface area contributed by atoms with Gasteiger partial charge in [-0.1, -0.05) is 56.7 Å². The van der Waals surface area contributed by atoms with Gasteiger partial charge < -0.3 is 19.6 Å². The van der Waals surface area contributed by atoms with E-state index in [1.165, 1.54) is 0 Å². The molecule has 200 valence electrons. The van der Waals surface area contributed by atoms with Gasteiger partial charge >= 0.3 is 11.9 Å². The zero-order chi connectivity index (χ0) is 27.5. The predicted molar refractivity (Wildman–Crippen MR) is 146 cm³/mol. The van der Waals surface area contributed by atoms with E-state index in [2.05, 4.69) is 24.1 Å². The highest BCUT2D eigenvalue weighted by Gasteiger charge is 2.26. The molecule has 0 unspecified atom stereocenters. The summed E-state index contributed by atoms with van der Waals surface area (Å²) in [7, 11) is 0. The number of benzene rings is 2. The topological polar surface area (TPSA) is 106 Å². The van der Waals surface area contributed by atoms with E-state index in [4.69, 9.17) is 9.15 Å². The number of ether oxygens (including phenoxy) is 1. The molecule has 7 nitrogen and oxygen atoms in total. The molecule has 1 atom stereocenters. The van der Waals surface area contributed by atoms with E-state index in [0.717, 1.165) is 25.7 Å². The summed E-state index contributed by atoms with van der Waals surface area (Å²) < 4.78 is 11.3. The molecule has 0 spiro atoms. The van der Waals surface area contributed by atoms with Crippen LogP contribution in [0.25, 0.3) is 11.0 Å². The highest BCUT2D eigenvalue weighted by atomic mass is 16.5. The molecule has 0 aliphatic rings. The van der Waals surface area contributed by atoms with E-state index in [1.807, 2.05) is 6.92 Å². The van der Waals surface area contributed by atoms with Gasteiger partial charge in [0.25, 0.3) is 5.91 Å². The van der Waals surface area contributed by atoms with Crippen molar-refractivity contribution in [1.82, 2.24) is 5.32 Å². The minimum Gasteiger partial charge on any atom is -0.478 e. The van der Waals surface area contributed by atoms with Gasteiger partial charge in [0.05, 0.1) is 12.2 Å². The first kappa shape index (κ1) is 28.5. The molecule has 0 aliphatic carbocycles. The number of furan rings is 1. The molecule has 1 amide bonds. The summed E-state index contributed by atoms with van der Waals surface area (Å²) in [5.74, 6) is 4.68. The Morgan fingerprint density at radius 3 is 2.45 bits per heavy atom. The van der Waals surface area contributed by atoms with Crippen LogP contribution in [-0.4, -0.2) is 35.6 Å². The maximum Gasteiger partial charge on any atom is 0.339 e. The van der Waals surface area contributed by atoms with E-state index in [9.17, 15) is 19.5 Å². The van der Waals surface area contributed by atoms with Gasteiger partial charge in [-0.25, -0.2) is 9.59 Å². The summed E-state index contributed by atoms with van der Waals surface area (Å²) >= 11 is 0. The molecule has 38 heavy (non-hydrogen) atoms. The second kappa shape index (κ2) is 14.0. The van der Waals surface area contributed by atoms with E-state index in [0.29, 0.717) is 46.3 Å². The standard InChI is InChI=1S/C31H35NO6/c1-4-7-9-11-16-23-18-21(19-24-27(30(34)35)26(17-8-5-2)38-28(23)24)20-25(31(36)37-6-3)32-29(33)22-14-12-10-13-15-22/h10,12-15,18-19,25H,4-9,17,20H2,1-3H3,(H,32,33)(H,34,35)/t25-/m0/s1. The number of fused-ring (bicyclic) bond motifs is 1. The molecular formula is C31H35NO6. The zero-order valence-electron chi connectivity index (χ0n) is 22.3. The number of esters is 1. The van der Waals surface area contributed by atoms with E-state index in [1.54, 1.807) is 49.4 Å². The molecule has 1 heterocycles. The molecule has 7 heteroatoms. The number of unbranched alkanes of at least 4 members (excludes halogenated alkanes) is 3. The molecule has 2 N–H and O–H groups in total. The average Bonchev–Trinajstić information content (AvgIpc) is 3.28. The van der Waals surface area contributed by atoms with Crippen molar-refractivity contribution >= 4 is 28.8 Å². The van der Waals surface area contributed by atoms with Crippen molar-refractivity contribution in [1.29, 1.82) is 0 Å². The molecule has 0 fully saturated rings. The third kappa shape index (κ3) is 7.25. The second-order valence-electron chi connectivity index (χ2n) is 9.08. The molecule has 3 rings (SSSR count). The van der Waals surface area contributed by atoms with Crippen molar-refractivity contribution in [2.24, 2.45) is 0 Å². The van der Waals surface area contributed by atoms with Crippen LogP contribution in [0.2, 0.25) is 0 Å². The SMILES string of the molecule is CCCCC#Cc1cc(C[C@H](NC(=O)c2ccccc2)C(=O)OCC)cc2c(C(=O)O)c(CCCC)oc12. The van der Waals surface area contributed by atoms with Crippen LogP contribution in [0.4, 0.5) is 0 Å². The molecule has 0 saturated heterocycles. The maximum atomic E-state index is 12.8. The number of carbonyl (C=O) groups excluding carboxylic acids is 2. The van der Waals surface area contributed by atoms with Crippen molar-refractivity contribution < 1.29 is 28.6 Å². The zero-order valence-corrected chi connectivity index (χ0v) is 22.3. The number of rotatable bonds is 12. The fraction of sp³-hybridized carbons (Fsp3) is 0.387. The van der Waals surface area contributed by atoms with Gasteiger partial charge in [0.15, 0.2) is 5.58 Å². The lowest BCUT2D eigenvalue weighted by atomic mass is 9.98. The summed E-state index contributed by atoms with van der Waals surface area (Å²) in [5.41, 5.74) is 2.18. The minimum atomic E-state index is -1.07. The van der Waals surface area contributed by atoms with Gasteiger partial charge in [-0.05, 0) is 49.6 Å². The maximum absolute atomic E-state index is 12.8. The number of carbonyl (C=O) groups is 3. The molecule has 0 saturated carbocycles. The van der Waals surface area contributed by atoms with Crippen LogP contribution in [0.5, 0.6) is 0 Å². The number of hydrogen-bond acceptors (Lipinski definition) is 5. The highest BCUT2D eigenvalue weighted by molar-refractivity contribution is 6.05. The number of amides is 1. The van der Waals surface area contributed by atoms with Gasteiger partial charge in [-0.15, -0.1) is 0 Å². The summed E-state index contributed by atoms with van der Waals surface area (Å²) in [6.07, 6.45) is 4.96. The van der Waals surface area contributed by atoms with Crippen LogP contribution in [0.1, 0.15) is 90.5 Å². The second-order valence-corrected chi connectivity index (χ2v) is 9.08. The molecule has 0 aliphatic heterocycles. The monoisotopic (exact) mass is 517 g/mol. The Morgan fingerprint density at radius 1 is 1.05 bits per heavy atom. The van der Waals surface area contributed by atoms with Crippen molar-refractivity contribution in [3.8, 4) is 11.8 Å². The molecule has 1 aromatic heterocycles. The van der Waals surface area contributed by atoms with Crippen molar-refractivity contribution in [3.05, 3.63) is 70.5 Å². The lowest BCUT2D eigenvalue weighted by Crippen LogP contribution is -2.43. The molecule has 0 radical (unpaired) electrons. The Labute approximate surface area is 223 Å². The lowest BCUT2D eigenvalue weighted by molar-refractivity contribution is -0.145. The Hall–Kier alpha value is -4.05. The number of hydrogen-bond donors (Lipinski definition) is 2.